The number of carbonyl (C=O) groups excluding carboxylic acids is 1. The number of anilines is 1. The lowest BCUT2D eigenvalue weighted by Crippen LogP contribution is -2.51. The second-order valence-corrected chi connectivity index (χ2v) is 5.38. The fourth-order valence-corrected chi connectivity index (χ4v) is 2.67. The summed E-state index contributed by atoms with van der Waals surface area (Å²) in [6, 6.07) is 3.75. The Morgan fingerprint density at radius 3 is 2.43 bits per heavy atom. The van der Waals surface area contributed by atoms with E-state index in [0.29, 0.717) is 25.9 Å². The lowest BCUT2D eigenvalue weighted by molar-refractivity contribution is -0.141. The van der Waals surface area contributed by atoms with Crippen LogP contribution in [-0.4, -0.2) is 31.7 Å². The van der Waals surface area contributed by atoms with E-state index in [1.807, 2.05) is 0 Å². The maximum atomic E-state index is 12.9. The zero-order valence-electron chi connectivity index (χ0n) is 12.9. The predicted molar refractivity (Wildman–Crippen MR) is 83.9 cm³/mol. The van der Waals surface area contributed by atoms with Crippen LogP contribution in [0.3, 0.4) is 0 Å². The van der Waals surface area contributed by atoms with Crippen LogP contribution < -0.4 is 10.6 Å². The van der Waals surface area contributed by atoms with E-state index in [1.54, 1.807) is 0 Å². The Kier molecular flexibility index (Phi) is 6.44. The molecule has 1 aliphatic heterocycles. The Labute approximate surface area is 139 Å². The number of benzene rings is 1. The molecule has 1 fully saturated rings. The first kappa shape index (κ1) is 19.7. The first-order valence-corrected chi connectivity index (χ1v) is 7.04. The average Bonchev–Trinajstić information content (AvgIpc) is 2.48. The fraction of sp³-hybridized carbons (Fsp3) is 0.533. The smallest absolute Gasteiger partial charge is 0.368 e. The summed E-state index contributed by atoms with van der Waals surface area (Å²) in [5, 5.41) is 5.72. The molecule has 1 aromatic rings. The summed E-state index contributed by atoms with van der Waals surface area (Å²) in [6.45, 7) is 2.60. The van der Waals surface area contributed by atoms with Gasteiger partial charge in [-0.15, -0.1) is 12.4 Å². The Balaban J connectivity index is 0.00000264. The third kappa shape index (κ3) is 4.16. The Hall–Kier alpha value is -1.31. The van der Waals surface area contributed by atoms with Crippen LogP contribution in [0.4, 0.5) is 18.9 Å². The molecule has 23 heavy (non-hydrogen) atoms. The summed E-state index contributed by atoms with van der Waals surface area (Å²) in [5.74, 6) is -0.404. The van der Waals surface area contributed by atoms with Crippen molar-refractivity contribution in [3.63, 3.8) is 0 Å². The number of hydrogen-bond donors (Lipinski definition) is 2. The Bertz CT molecular complexity index is 558. The third-order valence-electron chi connectivity index (χ3n) is 4.10. The van der Waals surface area contributed by atoms with Crippen LogP contribution in [0.2, 0.25) is 0 Å². The highest BCUT2D eigenvalue weighted by Crippen LogP contribution is 2.35. The number of rotatable bonds is 3. The molecular formula is C15H20ClF3N2O2. The van der Waals surface area contributed by atoms with Gasteiger partial charge in [0.15, 0.2) is 0 Å². The maximum Gasteiger partial charge on any atom is 0.416 e. The van der Waals surface area contributed by atoms with E-state index in [-0.39, 0.29) is 23.7 Å². The van der Waals surface area contributed by atoms with Gasteiger partial charge in [0.2, 0.25) is 0 Å². The summed E-state index contributed by atoms with van der Waals surface area (Å²) < 4.78 is 44.1. The van der Waals surface area contributed by atoms with Crippen LogP contribution in [-0.2, 0) is 15.7 Å². The van der Waals surface area contributed by atoms with Crippen molar-refractivity contribution in [3.05, 3.63) is 29.3 Å². The first-order chi connectivity index (χ1) is 10.3. The van der Waals surface area contributed by atoms with E-state index in [4.69, 9.17) is 4.74 Å². The summed E-state index contributed by atoms with van der Waals surface area (Å²) in [5.41, 5.74) is -1.58. The van der Waals surface area contributed by atoms with Gasteiger partial charge in [-0.1, -0.05) is 6.07 Å². The maximum absolute atomic E-state index is 12.9. The van der Waals surface area contributed by atoms with Gasteiger partial charge in [0.05, 0.1) is 5.56 Å². The molecule has 2 N–H and O–H groups in total. The topological polar surface area (TPSA) is 50.4 Å². The summed E-state index contributed by atoms with van der Waals surface area (Å²) in [6.07, 6.45) is -3.49. The van der Waals surface area contributed by atoms with Gasteiger partial charge in [0.1, 0.15) is 5.60 Å². The van der Waals surface area contributed by atoms with Gasteiger partial charge in [0.25, 0.3) is 5.91 Å². The number of ether oxygens (including phenoxy) is 1. The van der Waals surface area contributed by atoms with Crippen LogP contribution >= 0.6 is 12.4 Å². The van der Waals surface area contributed by atoms with Gasteiger partial charge in [-0.3, -0.25) is 4.79 Å². The van der Waals surface area contributed by atoms with Gasteiger partial charge < -0.3 is 15.4 Å². The van der Waals surface area contributed by atoms with E-state index in [0.717, 1.165) is 6.07 Å². The molecule has 0 aliphatic carbocycles. The van der Waals surface area contributed by atoms with Gasteiger partial charge in [-0.2, -0.15) is 13.2 Å². The highest BCUT2D eigenvalue weighted by molar-refractivity contribution is 5.98. The number of alkyl halides is 3. The van der Waals surface area contributed by atoms with E-state index >= 15 is 0 Å². The van der Waals surface area contributed by atoms with E-state index < -0.39 is 23.2 Å². The van der Waals surface area contributed by atoms with Crippen molar-refractivity contribution in [3.8, 4) is 0 Å². The normalized spacial score (nSPS) is 17.3. The van der Waals surface area contributed by atoms with Crippen molar-refractivity contribution in [2.45, 2.75) is 31.5 Å². The van der Waals surface area contributed by atoms with Gasteiger partial charge in [-0.25, -0.2) is 0 Å². The molecule has 8 heteroatoms. The standard InChI is InChI=1S/C15H19F3N2O2.ClH/c1-10-11(15(16,17)18)4-3-5-12(10)20-13(21)14(22-2)6-8-19-9-7-14;/h3-5,19H,6-9H2,1-2H3,(H,20,21);1H. The third-order valence-corrected chi connectivity index (χ3v) is 4.10. The molecule has 0 bridgehead atoms. The molecule has 0 atom stereocenters. The molecule has 1 amide bonds. The molecule has 0 unspecified atom stereocenters. The van der Waals surface area contributed by atoms with Crippen molar-refractivity contribution in [2.24, 2.45) is 0 Å². The lowest BCUT2D eigenvalue weighted by atomic mass is 9.91. The number of carbonyl (C=O) groups is 1. The van der Waals surface area contributed by atoms with Crippen LogP contribution in [0.15, 0.2) is 18.2 Å². The number of methoxy groups -OCH3 is 1. The zero-order valence-corrected chi connectivity index (χ0v) is 13.7. The minimum Gasteiger partial charge on any atom is -0.368 e. The van der Waals surface area contributed by atoms with Crippen molar-refractivity contribution in [2.75, 3.05) is 25.5 Å². The monoisotopic (exact) mass is 352 g/mol. The number of hydrogen-bond acceptors (Lipinski definition) is 3. The van der Waals surface area contributed by atoms with Gasteiger partial charge in [-0.05, 0) is 50.6 Å². The molecule has 0 radical (unpaired) electrons. The molecule has 1 heterocycles. The molecule has 0 aromatic heterocycles. The number of amides is 1. The van der Waals surface area contributed by atoms with Crippen molar-refractivity contribution < 1.29 is 22.7 Å². The van der Waals surface area contributed by atoms with E-state index in [1.165, 1.54) is 26.2 Å². The number of piperidine rings is 1. The van der Waals surface area contributed by atoms with E-state index in [2.05, 4.69) is 10.6 Å². The molecular weight excluding hydrogens is 333 g/mol. The minimum atomic E-state index is -4.45. The van der Waals surface area contributed by atoms with Crippen molar-refractivity contribution in [1.29, 1.82) is 0 Å². The summed E-state index contributed by atoms with van der Waals surface area (Å²) in [4.78, 5) is 12.5. The minimum absolute atomic E-state index is 0. The Morgan fingerprint density at radius 1 is 1.30 bits per heavy atom. The molecule has 1 aromatic carbocycles. The average molecular weight is 353 g/mol. The second kappa shape index (κ2) is 7.51. The molecule has 2 rings (SSSR count). The molecule has 1 aliphatic rings. The molecule has 4 nitrogen and oxygen atoms in total. The second-order valence-electron chi connectivity index (χ2n) is 5.38. The lowest BCUT2D eigenvalue weighted by Gasteiger charge is -2.35. The number of halogens is 4. The van der Waals surface area contributed by atoms with Crippen molar-refractivity contribution >= 4 is 24.0 Å². The SMILES string of the molecule is COC1(C(=O)Nc2cccc(C(F)(F)F)c2C)CCNCC1.Cl. The molecule has 1 saturated heterocycles. The van der Waals surface area contributed by atoms with Gasteiger partial charge >= 0.3 is 6.18 Å². The summed E-state index contributed by atoms with van der Waals surface area (Å²) >= 11 is 0. The van der Waals surface area contributed by atoms with Crippen LogP contribution in [0.1, 0.15) is 24.0 Å². The zero-order chi connectivity index (χ0) is 16.4. The molecule has 130 valence electrons. The van der Waals surface area contributed by atoms with Crippen LogP contribution in [0, 0.1) is 6.92 Å². The van der Waals surface area contributed by atoms with Crippen molar-refractivity contribution in [1.82, 2.24) is 5.32 Å². The molecule has 0 spiro atoms. The van der Waals surface area contributed by atoms with Gasteiger partial charge in [0, 0.05) is 12.8 Å². The Morgan fingerprint density at radius 2 is 1.91 bits per heavy atom. The van der Waals surface area contributed by atoms with E-state index in [9.17, 15) is 18.0 Å². The fourth-order valence-electron chi connectivity index (χ4n) is 2.67. The summed E-state index contributed by atoms with van der Waals surface area (Å²) in [7, 11) is 1.45. The molecule has 0 saturated carbocycles. The van der Waals surface area contributed by atoms with Crippen LogP contribution in [0.5, 0.6) is 0 Å². The quantitative estimate of drug-likeness (QED) is 0.878. The number of nitrogens with one attached hydrogen (secondary N) is 2. The highest BCUT2D eigenvalue weighted by Gasteiger charge is 2.40. The highest BCUT2D eigenvalue weighted by atomic mass is 35.5. The largest absolute Gasteiger partial charge is 0.416 e. The first-order valence-electron chi connectivity index (χ1n) is 7.04. The predicted octanol–water partition coefficient (Wildman–Crippen LogP) is 3.14. The van der Waals surface area contributed by atoms with Crippen LogP contribution in [0.25, 0.3) is 0 Å².